The Morgan fingerprint density at radius 2 is 1.70 bits per heavy atom. The maximum absolute atomic E-state index is 13.2. The topological polar surface area (TPSA) is 69.3 Å². The lowest BCUT2D eigenvalue weighted by Gasteiger charge is -2.15. The molecule has 3 aromatic rings. The number of halogens is 8. The van der Waals surface area contributed by atoms with Gasteiger partial charge in [-0.05, 0) is 24.3 Å². The molecule has 15 heteroatoms. The van der Waals surface area contributed by atoms with Crippen LogP contribution in [-0.4, -0.2) is 45.2 Å². The molecule has 0 N–H and O–H groups in total. The Balaban J connectivity index is 2.22. The highest BCUT2D eigenvalue weighted by atomic mass is 32.2. The van der Waals surface area contributed by atoms with Gasteiger partial charge in [0.05, 0.1) is 23.2 Å². The number of pyridine rings is 1. The zero-order valence-corrected chi connectivity index (χ0v) is 17.5. The first kappa shape index (κ1) is 24.7. The fourth-order valence-corrected chi connectivity index (χ4v) is 4.00. The molecule has 3 rings (SSSR count). The van der Waals surface area contributed by atoms with Crippen LogP contribution in [0.3, 0.4) is 0 Å². The third kappa shape index (κ3) is 4.45. The normalized spacial score (nSPS) is 14.0. The van der Waals surface area contributed by atoms with Crippen molar-refractivity contribution in [2.75, 3.05) is 5.75 Å². The lowest BCUT2D eigenvalue weighted by molar-refractivity contribution is -0.258. The van der Waals surface area contributed by atoms with Crippen molar-refractivity contribution in [1.82, 2.24) is 18.9 Å². The molecule has 180 valence electrons. The minimum Gasteiger partial charge on any atom is -0.326 e. The summed E-state index contributed by atoms with van der Waals surface area (Å²) in [5, 5.41) is -0.629. The molecule has 0 aromatic carbocycles. The van der Waals surface area contributed by atoms with Crippen LogP contribution in [0.5, 0.6) is 0 Å². The van der Waals surface area contributed by atoms with Crippen LogP contribution < -0.4 is 0 Å². The molecule has 33 heavy (non-hydrogen) atoms. The zero-order valence-electron chi connectivity index (χ0n) is 16.7. The third-order valence-electron chi connectivity index (χ3n) is 4.65. The van der Waals surface area contributed by atoms with E-state index >= 15 is 0 Å². The lowest BCUT2D eigenvalue weighted by Crippen LogP contribution is -2.33. The molecule has 0 aliphatic rings. The monoisotopic (exact) mass is 502 g/mol. The predicted octanol–water partition coefficient (Wildman–Crippen LogP) is 4.76. The standard InChI is InChI=1S/C18H14F8N4O2S/c1-3-33(31,32)15-13(28-12-5-4-10(9-30(12)15)17(21,22)23)14-27-8-11(29(14)2)6-7-16(19,20)18(24,25)26/h4-9H,3H2,1-2H3/b7-6+. The maximum Gasteiger partial charge on any atom is 0.457 e. The Morgan fingerprint density at radius 1 is 1.06 bits per heavy atom. The van der Waals surface area contributed by atoms with Crippen molar-refractivity contribution in [1.29, 1.82) is 0 Å². The first-order valence-corrected chi connectivity index (χ1v) is 10.6. The van der Waals surface area contributed by atoms with Crippen LogP contribution in [-0.2, 0) is 23.1 Å². The summed E-state index contributed by atoms with van der Waals surface area (Å²) in [5.41, 5.74) is -1.97. The van der Waals surface area contributed by atoms with Gasteiger partial charge in [0.15, 0.2) is 20.7 Å². The van der Waals surface area contributed by atoms with Crippen molar-refractivity contribution in [2.24, 2.45) is 7.05 Å². The van der Waals surface area contributed by atoms with Gasteiger partial charge >= 0.3 is 18.3 Å². The van der Waals surface area contributed by atoms with Crippen LogP contribution in [0.25, 0.3) is 23.2 Å². The Bertz CT molecular complexity index is 1330. The zero-order chi connectivity index (χ0) is 25.0. The highest BCUT2D eigenvalue weighted by Gasteiger charge is 2.55. The molecule has 0 aliphatic heterocycles. The van der Waals surface area contributed by atoms with E-state index in [9.17, 15) is 43.5 Å². The van der Waals surface area contributed by atoms with Gasteiger partial charge in [-0.3, -0.25) is 4.40 Å². The summed E-state index contributed by atoms with van der Waals surface area (Å²) < 4.78 is 130. The van der Waals surface area contributed by atoms with Gasteiger partial charge in [-0.15, -0.1) is 0 Å². The molecule has 0 fully saturated rings. The van der Waals surface area contributed by atoms with Crippen LogP contribution in [0, 0.1) is 0 Å². The van der Waals surface area contributed by atoms with Gasteiger partial charge in [-0.1, -0.05) is 6.92 Å². The van der Waals surface area contributed by atoms with E-state index in [0.29, 0.717) is 18.3 Å². The van der Waals surface area contributed by atoms with Crippen molar-refractivity contribution < 1.29 is 43.5 Å². The fraction of sp³-hybridized carbons (Fsp3) is 0.333. The van der Waals surface area contributed by atoms with Gasteiger partial charge in [0.1, 0.15) is 11.3 Å². The van der Waals surface area contributed by atoms with Crippen molar-refractivity contribution in [3.05, 3.63) is 41.9 Å². The molecule has 0 bridgehead atoms. The van der Waals surface area contributed by atoms with Crippen LogP contribution in [0.2, 0.25) is 0 Å². The number of fused-ring (bicyclic) bond motifs is 1. The van der Waals surface area contributed by atoms with E-state index in [4.69, 9.17) is 0 Å². The maximum atomic E-state index is 13.2. The number of sulfone groups is 1. The van der Waals surface area contributed by atoms with Crippen LogP contribution in [0.1, 0.15) is 18.2 Å². The number of hydrogen-bond donors (Lipinski definition) is 0. The number of nitrogens with zero attached hydrogens (tertiary/aromatic N) is 4. The number of alkyl halides is 8. The molecule has 0 aliphatic carbocycles. The molecular formula is C18H14F8N4O2S. The molecule has 0 radical (unpaired) electrons. The van der Waals surface area contributed by atoms with Gasteiger partial charge in [0, 0.05) is 13.2 Å². The van der Waals surface area contributed by atoms with E-state index in [1.54, 1.807) is 0 Å². The van der Waals surface area contributed by atoms with Crippen molar-refractivity contribution in [3.63, 3.8) is 0 Å². The third-order valence-corrected chi connectivity index (χ3v) is 6.39. The Hall–Kier alpha value is -2.97. The van der Waals surface area contributed by atoms with Gasteiger partial charge in [-0.25, -0.2) is 18.4 Å². The molecule has 0 saturated heterocycles. The van der Waals surface area contributed by atoms with Gasteiger partial charge in [0.2, 0.25) is 0 Å². The first-order chi connectivity index (χ1) is 15.0. The van der Waals surface area contributed by atoms with E-state index in [2.05, 4.69) is 9.97 Å². The predicted molar refractivity (Wildman–Crippen MR) is 100 cm³/mol. The molecule has 0 amide bonds. The highest BCUT2D eigenvalue weighted by molar-refractivity contribution is 7.91. The van der Waals surface area contributed by atoms with E-state index in [1.165, 1.54) is 14.0 Å². The average Bonchev–Trinajstić information content (AvgIpc) is 3.24. The van der Waals surface area contributed by atoms with Gasteiger partial charge in [-0.2, -0.15) is 35.1 Å². The Labute approximate surface area is 181 Å². The van der Waals surface area contributed by atoms with Crippen LogP contribution in [0.4, 0.5) is 35.1 Å². The minimum absolute atomic E-state index is 0.172. The first-order valence-electron chi connectivity index (χ1n) is 8.97. The summed E-state index contributed by atoms with van der Waals surface area (Å²) in [4.78, 5) is 7.87. The second-order valence-electron chi connectivity index (χ2n) is 6.83. The molecule has 3 heterocycles. The summed E-state index contributed by atoms with van der Waals surface area (Å²) in [5.74, 6) is -5.92. The largest absolute Gasteiger partial charge is 0.457 e. The summed E-state index contributed by atoms with van der Waals surface area (Å²) in [7, 11) is -3.00. The quantitative estimate of drug-likeness (QED) is 0.472. The Morgan fingerprint density at radius 3 is 2.24 bits per heavy atom. The van der Waals surface area contributed by atoms with Gasteiger partial charge in [0.25, 0.3) is 0 Å². The molecule has 0 spiro atoms. The number of imidazole rings is 2. The average molecular weight is 502 g/mol. The Kier molecular flexibility index (Phi) is 5.84. The number of rotatable bonds is 5. The second-order valence-corrected chi connectivity index (χ2v) is 9.03. The minimum atomic E-state index is -5.83. The summed E-state index contributed by atoms with van der Waals surface area (Å²) in [6.45, 7) is 1.25. The van der Waals surface area contributed by atoms with Gasteiger partial charge < -0.3 is 4.57 Å². The molecule has 0 unspecified atom stereocenters. The van der Waals surface area contributed by atoms with Crippen molar-refractivity contribution in [3.8, 4) is 11.5 Å². The molecule has 6 nitrogen and oxygen atoms in total. The number of aromatic nitrogens is 4. The number of hydrogen-bond acceptors (Lipinski definition) is 4. The fourth-order valence-electron chi connectivity index (χ4n) is 2.85. The SMILES string of the molecule is CCS(=O)(=O)c1c(-c2ncc(/C=C/C(F)(F)C(F)(F)F)n2C)nc2ccc(C(F)(F)F)cn12. The van der Waals surface area contributed by atoms with E-state index in [0.717, 1.165) is 21.2 Å². The molecule has 3 aromatic heterocycles. The molecule has 0 saturated carbocycles. The van der Waals surface area contributed by atoms with Crippen LogP contribution >= 0.6 is 0 Å². The summed E-state index contributed by atoms with van der Waals surface area (Å²) >= 11 is 0. The van der Waals surface area contributed by atoms with Crippen LogP contribution in [0.15, 0.2) is 35.6 Å². The highest BCUT2D eigenvalue weighted by Crippen LogP contribution is 2.37. The van der Waals surface area contributed by atoms with E-state index in [-0.39, 0.29) is 22.9 Å². The smallest absolute Gasteiger partial charge is 0.326 e. The summed E-state index contributed by atoms with van der Waals surface area (Å²) in [6, 6.07) is 1.63. The molecule has 0 atom stereocenters. The van der Waals surface area contributed by atoms with Crippen molar-refractivity contribution >= 4 is 21.6 Å². The summed E-state index contributed by atoms with van der Waals surface area (Å²) in [6.07, 6.45) is -9.12. The van der Waals surface area contributed by atoms with E-state index < -0.39 is 50.5 Å². The lowest BCUT2D eigenvalue weighted by atomic mass is 10.2. The second kappa shape index (κ2) is 7.81. The molecular weight excluding hydrogens is 488 g/mol. The number of allylic oxidation sites excluding steroid dienone is 1. The van der Waals surface area contributed by atoms with Crippen molar-refractivity contribution in [2.45, 2.75) is 30.2 Å². The van der Waals surface area contributed by atoms with E-state index in [1.807, 2.05) is 0 Å².